The van der Waals surface area contributed by atoms with Crippen molar-refractivity contribution >= 4 is 46.3 Å². The van der Waals surface area contributed by atoms with E-state index in [1.54, 1.807) is 24.4 Å². The Morgan fingerprint density at radius 1 is 1.27 bits per heavy atom. The Balaban J connectivity index is 1.17. The summed E-state index contributed by atoms with van der Waals surface area (Å²) in [5.74, 6) is 0.458. The first-order valence-electron chi connectivity index (χ1n) is 12.3. The number of anilines is 1. The third-order valence-electron chi connectivity index (χ3n) is 8.36. The number of amides is 1. The minimum absolute atomic E-state index is 0.184. The number of hydrogen-bond donors (Lipinski definition) is 2. The number of halogens is 2. The molecule has 2 aromatic heterocycles. The van der Waals surface area contributed by atoms with E-state index in [2.05, 4.69) is 20.1 Å². The minimum Gasteiger partial charge on any atom is -0.355 e. The Hall–Kier alpha value is -3.69. The van der Waals surface area contributed by atoms with Crippen LogP contribution in [0.25, 0.3) is 16.7 Å². The summed E-state index contributed by atoms with van der Waals surface area (Å²) in [4.78, 5) is 27.6. The largest absolute Gasteiger partial charge is 0.355 e. The van der Waals surface area contributed by atoms with E-state index in [0.29, 0.717) is 39.9 Å². The molecule has 4 aliphatic rings. The fraction of sp³-hybridized carbons (Fsp3) is 0.296. The molecule has 0 spiro atoms. The van der Waals surface area contributed by atoms with Gasteiger partial charge in [-0.05, 0) is 53.7 Å². The van der Waals surface area contributed by atoms with Gasteiger partial charge in [-0.1, -0.05) is 29.8 Å². The van der Waals surface area contributed by atoms with Crippen molar-refractivity contribution in [2.24, 2.45) is 28.5 Å². The normalized spacial score (nSPS) is 28.4. The van der Waals surface area contributed by atoms with Crippen molar-refractivity contribution in [3.05, 3.63) is 76.4 Å². The quantitative estimate of drug-likeness (QED) is 0.549. The number of benzene rings is 1. The Labute approximate surface area is 216 Å². The van der Waals surface area contributed by atoms with Crippen LogP contribution >= 0.6 is 11.6 Å². The van der Waals surface area contributed by atoms with Crippen molar-refractivity contribution in [3.63, 3.8) is 0 Å². The van der Waals surface area contributed by atoms with Crippen LogP contribution < -0.4 is 10.6 Å². The molecule has 10 heteroatoms. The lowest BCUT2D eigenvalue weighted by molar-refractivity contribution is -0.119. The lowest BCUT2D eigenvalue weighted by Crippen LogP contribution is -2.32. The second-order valence-electron chi connectivity index (χ2n) is 10.0. The molecule has 2 fully saturated rings. The van der Waals surface area contributed by atoms with Crippen LogP contribution in [0.1, 0.15) is 17.7 Å². The van der Waals surface area contributed by atoms with Crippen LogP contribution in [0.15, 0.2) is 64.3 Å². The number of nitrogens with one attached hydrogen (secondary N) is 1. The van der Waals surface area contributed by atoms with Crippen molar-refractivity contribution in [3.8, 4) is 0 Å². The fourth-order valence-corrected chi connectivity index (χ4v) is 6.73. The molecule has 3 N–H and O–H groups in total. The molecule has 1 unspecified atom stereocenters. The van der Waals surface area contributed by atoms with Gasteiger partial charge >= 0.3 is 0 Å². The van der Waals surface area contributed by atoms with E-state index in [9.17, 15) is 9.18 Å². The van der Waals surface area contributed by atoms with Crippen LogP contribution in [-0.4, -0.2) is 51.9 Å². The number of nitrogens with zero attached hydrogens (tertiary/aromatic N) is 5. The lowest BCUT2D eigenvalue weighted by atomic mass is 9.88. The molecule has 1 saturated carbocycles. The van der Waals surface area contributed by atoms with Gasteiger partial charge in [0.25, 0.3) is 5.91 Å². The van der Waals surface area contributed by atoms with Crippen LogP contribution in [0, 0.1) is 23.6 Å². The number of fused-ring (bicyclic) bond motifs is 3. The topological polar surface area (TPSA) is 113 Å². The number of rotatable bonds is 4. The zero-order valence-corrected chi connectivity index (χ0v) is 20.5. The van der Waals surface area contributed by atoms with Crippen LogP contribution in [-0.2, 0) is 10.2 Å². The standard InChI is InChI=1S/C27H23ClFN7O/c28-20-10-15-14(5-7-31-26(15)37)9-16(20)23-24-25(35-34-23)33-22(11-32-24)36-8-6-17-19(12-36)27(17,13-30)18-3-1-2-4-21(18)29/h1-5,7,9-11,15,17,19H,6,8,12-13,30H2,(H,33,34,35)/t15?,17-,19+,27-/m1/s1. The summed E-state index contributed by atoms with van der Waals surface area (Å²) < 4.78 is 14.7. The average molecular weight is 516 g/mol. The van der Waals surface area contributed by atoms with Crippen LogP contribution in [0.5, 0.6) is 0 Å². The van der Waals surface area contributed by atoms with Gasteiger partial charge in [0.1, 0.15) is 17.2 Å². The van der Waals surface area contributed by atoms with Crippen LogP contribution in [0.2, 0.25) is 0 Å². The van der Waals surface area contributed by atoms with E-state index < -0.39 is 5.92 Å². The van der Waals surface area contributed by atoms with Gasteiger partial charge in [-0.3, -0.25) is 9.89 Å². The number of aliphatic imine (C=N–C) groups is 1. The van der Waals surface area contributed by atoms with E-state index in [1.165, 1.54) is 12.3 Å². The minimum atomic E-state index is -0.469. The number of H-pyrrole nitrogens is 1. The molecule has 8 nitrogen and oxygen atoms in total. The Kier molecular flexibility index (Phi) is 4.96. The molecule has 2 aliphatic carbocycles. The van der Waals surface area contributed by atoms with Gasteiger partial charge in [-0.2, -0.15) is 5.10 Å². The second-order valence-corrected chi connectivity index (χ2v) is 10.4. The molecule has 186 valence electrons. The molecule has 4 atom stereocenters. The maximum Gasteiger partial charge on any atom is 0.257 e. The molecule has 4 heterocycles. The molecule has 0 radical (unpaired) electrons. The van der Waals surface area contributed by atoms with Gasteiger partial charge in [0.15, 0.2) is 0 Å². The van der Waals surface area contributed by atoms with Crippen molar-refractivity contribution in [2.75, 3.05) is 24.5 Å². The van der Waals surface area contributed by atoms with E-state index >= 15 is 0 Å². The summed E-state index contributed by atoms with van der Waals surface area (Å²) in [7, 11) is 0. The number of allylic oxidation sites excluding steroid dienone is 4. The van der Waals surface area contributed by atoms with Crippen molar-refractivity contribution in [2.45, 2.75) is 11.8 Å². The van der Waals surface area contributed by atoms with Crippen LogP contribution in [0.4, 0.5) is 10.2 Å². The molecule has 0 bridgehead atoms. The van der Waals surface area contributed by atoms with Crippen molar-refractivity contribution in [1.82, 2.24) is 20.2 Å². The number of aromatic nitrogens is 4. The number of piperidine rings is 1. The van der Waals surface area contributed by atoms with E-state index in [-0.39, 0.29) is 23.1 Å². The monoisotopic (exact) mass is 515 g/mol. The maximum atomic E-state index is 14.7. The second kappa shape index (κ2) is 8.16. The first-order valence-corrected chi connectivity index (χ1v) is 12.7. The SMILES string of the molecule is NC[C@]1(c2ccccc2F)[C@@H]2CCN(c3cnc4c(C5=CC6=CC=NC(=O)C6C=C5Cl)[nH]nc4n3)C[C@@H]21. The molecule has 1 saturated heterocycles. The summed E-state index contributed by atoms with van der Waals surface area (Å²) in [5, 5.41) is 7.86. The van der Waals surface area contributed by atoms with E-state index in [0.717, 1.165) is 36.5 Å². The van der Waals surface area contributed by atoms with Crippen LogP contribution in [0.3, 0.4) is 0 Å². The van der Waals surface area contributed by atoms with Gasteiger partial charge in [-0.25, -0.2) is 19.4 Å². The summed E-state index contributed by atoms with van der Waals surface area (Å²) in [6.45, 7) is 1.95. The third kappa shape index (κ3) is 3.27. The molecule has 2 aliphatic heterocycles. The summed E-state index contributed by atoms with van der Waals surface area (Å²) >= 11 is 6.56. The number of dihydropyridines is 1. The van der Waals surface area contributed by atoms with E-state index in [4.69, 9.17) is 27.3 Å². The molecule has 37 heavy (non-hydrogen) atoms. The van der Waals surface area contributed by atoms with E-state index in [1.807, 2.05) is 18.2 Å². The Bertz CT molecular complexity index is 1590. The number of nitrogens with two attached hydrogens (primary N) is 1. The summed E-state index contributed by atoms with van der Waals surface area (Å²) in [5.41, 5.74) is 9.88. The van der Waals surface area contributed by atoms with Gasteiger partial charge in [0, 0.05) is 41.9 Å². The van der Waals surface area contributed by atoms with Gasteiger partial charge in [-0.15, -0.1) is 0 Å². The number of carbonyl (C=O) groups excluding carboxylic acids is 1. The highest BCUT2D eigenvalue weighted by molar-refractivity contribution is 6.38. The molecule has 7 rings (SSSR count). The fourth-order valence-electron chi connectivity index (χ4n) is 6.45. The van der Waals surface area contributed by atoms with Gasteiger partial charge < -0.3 is 10.6 Å². The predicted octanol–water partition coefficient (Wildman–Crippen LogP) is 3.52. The molecular weight excluding hydrogens is 493 g/mol. The molecular formula is C27H23ClFN7O. The van der Waals surface area contributed by atoms with Gasteiger partial charge in [0.05, 0.1) is 17.8 Å². The number of aromatic amines is 1. The Morgan fingerprint density at radius 2 is 2.14 bits per heavy atom. The summed E-state index contributed by atoms with van der Waals surface area (Å²) in [6, 6.07) is 6.99. The smallest absolute Gasteiger partial charge is 0.257 e. The summed E-state index contributed by atoms with van der Waals surface area (Å²) in [6.07, 6.45) is 9.53. The molecule has 1 aromatic carbocycles. The Morgan fingerprint density at radius 3 is 2.97 bits per heavy atom. The zero-order chi connectivity index (χ0) is 25.3. The highest BCUT2D eigenvalue weighted by Crippen LogP contribution is 2.63. The van der Waals surface area contributed by atoms with Crippen molar-refractivity contribution in [1.29, 1.82) is 0 Å². The number of carbonyl (C=O) groups is 1. The van der Waals surface area contributed by atoms with Crippen molar-refractivity contribution < 1.29 is 9.18 Å². The first-order chi connectivity index (χ1) is 18.0. The molecule has 1 amide bonds. The highest BCUT2D eigenvalue weighted by atomic mass is 35.5. The maximum absolute atomic E-state index is 14.7. The highest BCUT2D eigenvalue weighted by Gasteiger charge is 2.66. The first kappa shape index (κ1) is 22.5. The van der Waals surface area contributed by atoms with Gasteiger partial charge in [0.2, 0.25) is 5.65 Å². The third-order valence-corrected chi connectivity index (χ3v) is 8.69. The number of hydrogen-bond acceptors (Lipinski definition) is 6. The average Bonchev–Trinajstić information content (AvgIpc) is 3.37. The lowest BCUT2D eigenvalue weighted by Gasteiger charge is -2.26. The predicted molar refractivity (Wildman–Crippen MR) is 140 cm³/mol. The molecule has 3 aromatic rings. The zero-order valence-electron chi connectivity index (χ0n) is 19.7.